The predicted octanol–water partition coefficient (Wildman–Crippen LogP) is 5.66. The van der Waals surface area contributed by atoms with E-state index in [9.17, 15) is 19.7 Å². The minimum Gasteiger partial charge on any atom is -0.325 e. The molecule has 0 aromatic heterocycles. The van der Waals surface area contributed by atoms with E-state index in [2.05, 4.69) is 10.6 Å². The molecule has 1 atom stereocenters. The molecule has 0 saturated heterocycles. The van der Waals surface area contributed by atoms with E-state index in [0.29, 0.717) is 23.4 Å². The van der Waals surface area contributed by atoms with Crippen molar-refractivity contribution in [3.63, 3.8) is 0 Å². The average Bonchev–Trinajstić information content (AvgIpc) is 2.78. The summed E-state index contributed by atoms with van der Waals surface area (Å²) in [6.07, 6.45) is 0.587. The summed E-state index contributed by atoms with van der Waals surface area (Å²) in [5, 5.41) is 16.1. The van der Waals surface area contributed by atoms with Crippen molar-refractivity contribution in [2.24, 2.45) is 0 Å². The highest BCUT2D eigenvalue weighted by molar-refractivity contribution is 8.00. The van der Waals surface area contributed by atoms with Crippen LogP contribution in [0.15, 0.2) is 77.7 Å². The lowest BCUT2D eigenvalue weighted by Crippen LogP contribution is -2.24. The second-order valence-electron chi connectivity index (χ2n) is 7.16. The Balaban J connectivity index is 1.65. The summed E-state index contributed by atoms with van der Waals surface area (Å²) in [5.74, 6) is -0.389. The van der Waals surface area contributed by atoms with Crippen molar-refractivity contribution >= 4 is 40.6 Å². The first-order chi connectivity index (χ1) is 15.4. The maximum atomic E-state index is 12.7. The molecule has 0 radical (unpaired) electrons. The van der Waals surface area contributed by atoms with Crippen LogP contribution in [0.4, 0.5) is 17.1 Å². The van der Waals surface area contributed by atoms with E-state index in [4.69, 9.17) is 0 Å². The number of nitrogens with one attached hydrogen (secondary N) is 2. The standard InChI is InChI=1S/C24H23N3O4S/c1-3-22(24(29)25-18-10-12-20(13-11-18)27(30)31)32-21-9-5-8-19(15-21)26-23(28)17-7-4-6-16(2)14-17/h4-15,22H,3H2,1-2H3,(H,25,29)(H,26,28). The van der Waals surface area contributed by atoms with Gasteiger partial charge >= 0.3 is 0 Å². The summed E-state index contributed by atoms with van der Waals surface area (Å²) in [6, 6.07) is 20.4. The number of thioether (sulfide) groups is 1. The molecule has 3 rings (SSSR count). The van der Waals surface area contributed by atoms with Gasteiger partial charge in [-0.25, -0.2) is 0 Å². The molecule has 0 aliphatic rings. The van der Waals surface area contributed by atoms with Crippen molar-refractivity contribution in [3.8, 4) is 0 Å². The number of non-ortho nitro benzene ring substituents is 1. The van der Waals surface area contributed by atoms with Crippen LogP contribution in [-0.4, -0.2) is 22.0 Å². The van der Waals surface area contributed by atoms with Gasteiger partial charge in [0.2, 0.25) is 5.91 Å². The molecule has 164 valence electrons. The van der Waals surface area contributed by atoms with Gasteiger partial charge in [0.25, 0.3) is 11.6 Å². The van der Waals surface area contributed by atoms with Crippen LogP contribution in [0.5, 0.6) is 0 Å². The summed E-state index contributed by atoms with van der Waals surface area (Å²) >= 11 is 1.39. The Morgan fingerprint density at radius 2 is 1.69 bits per heavy atom. The number of hydrogen-bond donors (Lipinski definition) is 2. The smallest absolute Gasteiger partial charge is 0.269 e. The average molecular weight is 450 g/mol. The van der Waals surface area contributed by atoms with Crippen LogP contribution in [-0.2, 0) is 4.79 Å². The highest BCUT2D eigenvalue weighted by Gasteiger charge is 2.19. The van der Waals surface area contributed by atoms with Crippen LogP contribution in [0.1, 0.15) is 29.3 Å². The van der Waals surface area contributed by atoms with Crippen molar-refractivity contribution in [1.82, 2.24) is 0 Å². The zero-order valence-electron chi connectivity index (χ0n) is 17.7. The van der Waals surface area contributed by atoms with Crippen LogP contribution < -0.4 is 10.6 Å². The van der Waals surface area contributed by atoms with Crippen LogP contribution in [0.25, 0.3) is 0 Å². The zero-order chi connectivity index (χ0) is 23.1. The highest BCUT2D eigenvalue weighted by Crippen LogP contribution is 2.29. The molecule has 8 heteroatoms. The monoisotopic (exact) mass is 449 g/mol. The fraction of sp³-hybridized carbons (Fsp3) is 0.167. The molecule has 0 fully saturated rings. The molecule has 0 aliphatic heterocycles. The highest BCUT2D eigenvalue weighted by atomic mass is 32.2. The summed E-state index contributed by atoms with van der Waals surface area (Å²) in [5.41, 5.74) is 2.70. The van der Waals surface area contributed by atoms with E-state index < -0.39 is 4.92 Å². The van der Waals surface area contributed by atoms with E-state index in [1.54, 1.807) is 12.1 Å². The third kappa shape index (κ3) is 6.18. The third-order valence-electron chi connectivity index (χ3n) is 4.66. The molecule has 3 aromatic rings. The van der Waals surface area contributed by atoms with Gasteiger partial charge in [-0.1, -0.05) is 30.7 Å². The first-order valence-electron chi connectivity index (χ1n) is 10.1. The Labute approximate surface area is 190 Å². The van der Waals surface area contributed by atoms with Gasteiger partial charge in [-0.05, 0) is 55.8 Å². The molecule has 0 saturated carbocycles. The van der Waals surface area contributed by atoms with Gasteiger partial charge in [-0.15, -0.1) is 11.8 Å². The minimum atomic E-state index is -0.485. The second kappa shape index (κ2) is 10.6. The fourth-order valence-corrected chi connectivity index (χ4v) is 4.03. The molecular formula is C24H23N3O4S. The molecule has 3 aromatic carbocycles. The number of hydrogen-bond acceptors (Lipinski definition) is 5. The molecule has 1 unspecified atom stereocenters. The zero-order valence-corrected chi connectivity index (χ0v) is 18.5. The van der Waals surface area contributed by atoms with Gasteiger partial charge in [0.05, 0.1) is 10.2 Å². The third-order valence-corrected chi connectivity index (χ3v) is 6.02. The Morgan fingerprint density at radius 3 is 2.34 bits per heavy atom. The molecule has 0 aliphatic carbocycles. The van der Waals surface area contributed by atoms with Crippen molar-refractivity contribution < 1.29 is 14.5 Å². The van der Waals surface area contributed by atoms with Gasteiger partial charge in [0, 0.05) is 34.0 Å². The largest absolute Gasteiger partial charge is 0.325 e. The van der Waals surface area contributed by atoms with Crippen molar-refractivity contribution in [3.05, 3.63) is 94.0 Å². The van der Waals surface area contributed by atoms with Crippen LogP contribution >= 0.6 is 11.8 Å². The van der Waals surface area contributed by atoms with E-state index >= 15 is 0 Å². The Morgan fingerprint density at radius 1 is 0.969 bits per heavy atom. The van der Waals surface area contributed by atoms with E-state index in [0.717, 1.165) is 10.5 Å². The van der Waals surface area contributed by atoms with Crippen LogP contribution in [0, 0.1) is 17.0 Å². The summed E-state index contributed by atoms with van der Waals surface area (Å²) in [4.78, 5) is 36.4. The van der Waals surface area contributed by atoms with E-state index in [1.165, 1.54) is 36.0 Å². The number of rotatable bonds is 8. The lowest BCUT2D eigenvalue weighted by atomic mass is 10.1. The first kappa shape index (κ1) is 23.0. The number of amides is 2. The maximum Gasteiger partial charge on any atom is 0.269 e. The molecule has 0 heterocycles. The van der Waals surface area contributed by atoms with Gasteiger partial charge in [-0.2, -0.15) is 0 Å². The Hall–Kier alpha value is -3.65. The minimum absolute atomic E-state index is 0.0334. The number of benzene rings is 3. The predicted molar refractivity (Wildman–Crippen MR) is 127 cm³/mol. The summed E-state index contributed by atoms with van der Waals surface area (Å²) < 4.78 is 0. The van der Waals surface area contributed by atoms with Crippen LogP contribution in [0.3, 0.4) is 0 Å². The summed E-state index contributed by atoms with van der Waals surface area (Å²) in [6.45, 7) is 3.84. The molecule has 0 spiro atoms. The van der Waals surface area contributed by atoms with Gasteiger partial charge in [-0.3, -0.25) is 19.7 Å². The molecule has 2 amide bonds. The van der Waals surface area contributed by atoms with Crippen LogP contribution in [0.2, 0.25) is 0 Å². The molecule has 7 nitrogen and oxygen atoms in total. The normalized spacial score (nSPS) is 11.4. The van der Waals surface area contributed by atoms with Crippen molar-refractivity contribution in [2.45, 2.75) is 30.4 Å². The quantitative estimate of drug-likeness (QED) is 0.262. The Bertz CT molecular complexity index is 1130. The number of carbonyl (C=O) groups excluding carboxylic acids is 2. The topological polar surface area (TPSA) is 101 Å². The van der Waals surface area contributed by atoms with Crippen molar-refractivity contribution in [1.29, 1.82) is 0 Å². The number of carbonyl (C=O) groups is 2. The Kier molecular flexibility index (Phi) is 7.62. The number of nitro groups is 1. The van der Waals surface area contributed by atoms with Crippen molar-refractivity contribution in [2.75, 3.05) is 10.6 Å². The number of anilines is 2. The molecule has 32 heavy (non-hydrogen) atoms. The molecular weight excluding hydrogens is 426 g/mol. The summed E-state index contributed by atoms with van der Waals surface area (Å²) in [7, 11) is 0. The lowest BCUT2D eigenvalue weighted by Gasteiger charge is -2.15. The number of aryl methyl sites for hydroxylation is 1. The SMILES string of the molecule is CCC(Sc1cccc(NC(=O)c2cccc(C)c2)c1)C(=O)Nc1ccc([N+](=O)[O-])cc1. The lowest BCUT2D eigenvalue weighted by molar-refractivity contribution is -0.384. The fourth-order valence-electron chi connectivity index (χ4n) is 3.01. The molecule has 0 bridgehead atoms. The van der Waals surface area contributed by atoms with Gasteiger partial charge < -0.3 is 10.6 Å². The second-order valence-corrected chi connectivity index (χ2v) is 8.44. The van der Waals surface area contributed by atoms with Gasteiger partial charge in [0.15, 0.2) is 0 Å². The first-order valence-corrected chi connectivity index (χ1v) is 10.9. The number of nitrogens with zero attached hydrogens (tertiary/aromatic N) is 1. The van der Waals surface area contributed by atoms with Gasteiger partial charge in [0.1, 0.15) is 0 Å². The van der Waals surface area contributed by atoms with E-state index in [1.807, 2.05) is 50.2 Å². The van der Waals surface area contributed by atoms with E-state index in [-0.39, 0.29) is 22.8 Å². The molecule has 2 N–H and O–H groups in total. The maximum absolute atomic E-state index is 12.7. The number of nitro benzene ring substituents is 1.